The van der Waals surface area contributed by atoms with Crippen molar-refractivity contribution in [2.45, 2.75) is 50.0 Å². The topological polar surface area (TPSA) is 87.8 Å². The summed E-state index contributed by atoms with van der Waals surface area (Å²) in [5.41, 5.74) is 7.04. The zero-order chi connectivity index (χ0) is 20.6. The zero-order valence-electron chi connectivity index (χ0n) is 17.5. The Hall–Kier alpha value is -1.87. The number of nitrogens with two attached hydrogens (primary N) is 1. The molecule has 8 heteroatoms. The first kappa shape index (κ1) is 22.8. The third kappa shape index (κ3) is 4.72. The lowest BCUT2D eigenvalue weighted by atomic mass is 9.99. The molecule has 1 atom stereocenters. The van der Waals surface area contributed by atoms with Crippen LogP contribution in [0.15, 0.2) is 39.6 Å². The van der Waals surface area contributed by atoms with Gasteiger partial charge in [0.2, 0.25) is 0 Å². The molecular formula is C22H30N4O2S2. The minimum Gasteiger partial charge on any atom is -0.305 e. The van der Waals surface area contributed by atoms with Gasteiger partial charge in [0.05, 0.1) is 4.90 Å². The van der Waals surface area contributed by atoms with E-state index in [-0.39, 0.29) is 13.5 Å². The van der Waals surface area contributed by atoms with Crippen LogP contribution in [0.4, 0.5) is 10.5 Å². The first-order chi connectivity index (χ1) is 13.8. The van der Waals surface area contributed by atoms with Crippen molar-refractivity contribution in [3.8, 4) is 0 Å². The molecule has 0 radical (unpaired) electrons. The Bertz CT molecular complexity index is 1040. The molecule has 0 saturated heterocycles. The van der Waals surface area contributed by atoms with E-state index in [0.29, 0.717) is 4.90 Å². The first-order valence-electron chi connectivity index (χ1n) is 10.1. The van der Waals surface area contributed by atoms with E-state index in [4.69, 9.17) is 5.14 Å². The summed E-state index contributed by atoms with van der Waals surface area (Å²) in [5, 5.41) is 8.89. The Morgan fingerprint density at radius 1 is 1.07 bits per heavy atom. The number of amides is 2. The van der Waals surface area contributed by atoms with Gasteiger partial charge in [-0.25, -0.2) is 14.1 Å². The predicted molar refractivity (Wildman–Crippen MR) is 127 cm³/mol. The van der Waals surface area contributed by atoms with Crippen LogP contribution in [0.3, 0.4) is 0 Å². The average molecular weight is 447 g/mol. The van der Waals surface area contributed by atoms with Crippen LogP contribution < -0.4 is 10.5 Å². The van der Waals surface area contributed by atoms with Crippen LogP contribution in [-0.4, -0.2) is 29.2 Å². The molecule has 6 nitrogen and oxygen atoms in total. The van der Waals surface area contributed by atoms with E-state index in [2.05, 4.69) is 15.7 Å². The molecule has 2 aliphatic carbocycles. The minimum absolute atomic E-state index is 0. The fourth-order valence-corrected chi connectivity index (χ4v) is 5.35. The van der Waals surface area contributed by atoms with Crippen molar-refractivity contribution in [1.29, 1.82) is 0 Å². The smallest absolute Gasteiger partial charge is 0.305 e. The molecule has 0 fully saturated rings. The highest BCUT2D eigenvalue weighted by Gasteiger charge is 2.25. The maximum atomic E-state index is 12.9. The van der Waals surface area contributed by atoms with Gasteiger partial charge in [-0.2, -0.15) is 13.5 Å². The summed E-state index contributed by atoms with van der Waals surface area (Å²) >= 11 is 0. The van der Waals surface area contributed by atoms with Crippen LogP contribution in [0.1, 0.15) is 40.7 Å². The van der Waals surface area contributed by atoms with E-state index in [1.54, 1.807) is 12.1 Å². The van der Waals surface area contributed by atoms with Gasteiger partial charge in [0, 0.05) is 12.2 Å². The number of hydrogen-bond donors (Lipinski definition) is 2. The fourth-order valence-electron chi connectivity index (χ4n) is 4.43. The van der Waals surface area contributed by atoms with Crippen molar-refractivity contribution in [2.75, 3.05) is 19.4 Å². The molecule has 0 heterocycles. The largest absolute Gasteiger partial charge is 0.354 e. The standard InChI is InChI=1S/C22H28N4O2S.H2S/c1-26(2)14-15-9-11-18(12-10-15)29(23,28)25-22(27)24-21-19-7-3-5-16(19)13-17-6-4-8-20(17)21;/h9-13H,3-8,14H2,1-2H3,(H3,23,24,25,27,28);1H2. The van der Waals surface area contributed by atoms with Gasteiger partial charge in [-0.15, -0.1) is 4.36 Å². The van der Waals surface area contributed by atoms with Gasteiger partial charge < -0.3 is 10.2 Å². The van der Waals surface area contributed by atoms with E-state index in [9.17, 15) is 9.00 Å². The van der Waals surface area contributed by atoms with Gasteiger partial charge >= 0.3 is 6.03 Å². The Kier molecular flexibility index (Phi) is 6.91. The Labute approximate surface area is 186 Å². The summed E-state index contributed by atoms with van der Waals surface area (Å²) in [6.45, 7) is 0.772. The molecule has 3 N–H and O–H groups in total. The molecule has 1 unspecified atom stereocenters. The Balaban J connectivity index is 0.00000256. The van der Waals surface area contributed by atoms with Crippen LogP contribution in [0.2, 0.25) is 0 Å². The highest BCUT2D eigenvalue weighted by atomic mass is 32.2. The maximum absolute atomic E-state index is 12.9. The number of fused-ring (bicyclic) bond motifs is 2. The average Bonchev–Trinajstić information content (AvgIpc) is 3.30. The summed E-state index contributed by atoms with van der Waals surface area (Å²) in [4.78, 5) is 15.1. The molecule has 30 heavy (non-hydrogen) atoms. The van der Waals surface area contributed by atoms with Crippen molar-refractivity contribution in [3.63, 3.8) is 0 Å². The first-order valence-corrected chi connectivity index (χ1v) is 11.7. The lowest BCUT2D eigenvalue weighted by molar-refractivity contribution is 0.260. The van der Waals surface area contributed by atoms with E-state index in [1.165, 1.54) is 22.3 Å². The highest BCUT2D eigenvalue weighted by Crippen LogP contribution is 2.38. The van der Waals surface area contributed by atoms with Crippen molar-refractivity contribution >= 4 is 35.1 Å². The number of nitrogens with zero attached hydrogens (tertiary/aromatic N) is 2. The number of carbonyl (C=O) groups excluding carboxylic acids is 1. The van der Waals surface area contributed by atoms with Gasteiger partial charge in [0.1, 0.15) is 9.92 Å². The lowest BCUT2D eigenvalue weighted by Crippen LogP contribution is -2.19. The third-order valence-corrected chi connectivity index (χ3v) is 7.07. The van der Waals surface area contributed by atoms with Crippen molar-refractivity contribution in [3.05, 3.63) is 58.1 Å². The van der Waals surface area contributed by atoms with Crippen LogP contribution in [-0.2, 0) is 42.1 Å². The molecule has 2 amide bonds. The molecule has 0 spiro atoms. The summed E-state index contributed by atoms with van der Waals surface area (Å²) in [7, 11) is 0.662. The number of carbonyl (C=O) groups is 1. The third-order valence-electron chi connectivity index (χ3n) is 5.68. The highest BCUT2D eigenvalue weighted by molar-refractivity contribution is 7.91. The second-order valence-electron chi connectivity index (χ2n) is 8.21. The molecule has 0 saturated carbocycles. The molecule has 4 rings (SSSR count). The van der Waals surface area contributed by atoms with Crippen molar-refractivity contribution < 1.29 is 9.00 Å². The SMILES string of the molecule is CN(C)Cc1ccc(S(N)(=O)=NC(=O)Nc2c3c(cc4c2CCC4)CCC3)cc1.S. The second kappa shape index (κ2) is 9.09. The van der Waals surface area contributed by atoms with Gasteiger partial charge in [0.15, 0.2) is 0 Å². The van der Waals surface area contributed by atoms with Gasteiger partial charge in [0.25, 0.3) is 0 Å². The van der Waals surface area contributed by atoms with Gasteiger partial charge in [-0.1, -0.05) is 18.2 Å². The van der Waals surface area contributed by atoms with Crippen LogP contribution in [0.5, 0.6) is 0 Å². The molecule has 0 aromatic heterocycles. The van der Waals surface area contributed by atoms with Crippen LogP contribution in [0.25, 0.3) is 0 Å². The summed E-state index contributed by atoms with van der Waals surface area (Å²) in [6.07, 6.45) is 6.23. The molecule has 2 aromatic rings. The Morgan fingerprint density at radius 2 is 1.63 bits per heavy atom. The Morgan fingerprint density at radius 3 is 2.17 bits per heavy atom. The lowest BCUT2D eigenvalue weighted by Gasteiger charge is -2.15. The predicted octanol–water partition coefficient (Wildman–Crippen LogP) is 3.77. The summed E-state index contributed by atoms with van der Waals surface area (Å²) < 4.78 is 16.8. The normalized spacial score (nSPS) is 16.4. The summed E-state index contributed by atoms with van der Waals surface area (Å²) in [6, 6.07) is 8.78. The molecule has 2 aromatic carbocycles. The van der Waals surface area contributed by atoms with Crippen LogP contribution >= 0.6 is 13.5 Å². The zero-order valence-corrected chi connectivity index (χ0v) is 19.3. The van der Waals surface area contributed by atoms with Crippen molar-refractivity contribution in [2.24, 2.45) is 9.50 Å². The number of nitrogens with one attached hydrogen (secondary N) is 1. The van der Waals surface area contributed by atoms with Gasteiger partial charge in [-0.05, 0) is 92.6 Å². The number of benzene rings is 2. The fraction of sp³-hybridized carbons (Fsp3) is 0.409. The second-order valence-corrected chi connectivity index (χ2v) is 10.00. The number of hydrogen-bond acceptors (Lipinski definition) is 3. The van der Waals surface area contributed by atoms with Gasteiger partial charge in [-0.3, -0.25) is 0 Å². The quantitative estimate of drug-likeness (QED) is 0.749. The number of urea groups is 1. The van der Waals surface area contributed by atoms with E-state index in [0.717, 1.165) is 56.3 Å². The molecule has 162 valence electrons. The monoisotopic (exact) mass is 446 g/mol. The van der Waals surface area contributed by atoms with Crippen molar-refractivity contribution in [1.82, 2.24) is 4.90 Å². The van der Waals surface area contributed by atoms with E-state index < -0.39 is 15.9 Å². The minimum atomic E-state index is -3.30. The van der Waals surface area contributed by atoms with E-state index in [1.807, 2.05) is 31.1 Å². The molecular weight excluding hydrogens is 416 g/mol. The number of anilines is 1. The van der Waals surface area contributed by atoms with E-state index >= 15 is 0 Å². The molecule has 0 bridgehead atoms. The summed E-state index contributed by atoms with van der Waals surface area (Å²) in [5.74, 6) is 0. The number of aryl methyl sites for hydroxylation is 2. The molecule has 2 aliphatic rings. The maximum Gasteiger partial charge on any atom is 0.354 e. The number of rotatable bonds is 4. The van der Waals surface area contributed by atoms with Crippen LogP contribution in [0, 0.1) is 0 Å². The molecule has 0 aliphatic heterocycles.